The molecule has 0 aliphatic rings. The van der Waals surface area contributed by atoms with Crippen molar-refractivity contribution in [3.63, 3.8) is 0 Å². The van der Waals surface area contributed by atoms with Gasteiger partial charge in [-0.05, 0) is 78.3 Å². The van der Waals surface area contributed by atoms with Crippen LogP contribution in [0, 0.1) is 5.92 Å². The number of benzene rings is 3. The van der Waals surface area contributed by atoms with Crippen molar-refractivity contribution in [1.82, 2.24) is 0 Å². The van der Waals surface area contributed by atoms with Crippen LogP contribution < -0.4 is 10.4 Å². The highest BCUT2D eigenvalue weighted by Crippen LogP contribution is 2.38. The van der Waals surface area contributed by atoms with Crippen LogP contribution in [-0.4, -0.2) is 43.5 Å². The molecule has 0 radical (unpaired) electrons. The van der Waals surface area contributed by atoms with E-state index in [4.69, 9.17) is 8.85 Å². The van der Waals surface area contributed by atoms with Gasteiger partial charge in [0.15, 0.2) is 18.2 Å². The Hall–Kier alpha value is -2.56. The van der Waals surface area contributed by atoms with Gasteiger partial charge in [0.05, 0.1) is 16.8 Å². The van der Waals surface area contributed by atoms with Crippen molar-refractivity contribution < 1.29 is 17.3 Å². The fraction of sp³-hybridized carbons (Fsp3) is 0.463. The molecule has 4 nitrogen and oxygen atoms in total. The summed E-state index contributed by atoms with van der Waals surface area (Å²) in [5.41, 5.74) is 2.08. The van der Waals surface area contributed by atoms with Crippen LogP contribution in [0.5, 0.6) is 0 Å². The van der Waals surface area contributed by atoms with E-state index in [0.29, 0.717) is 24.5 Å². The smallest absolute Gasteiger partial charge is 0.261 e. The molecule has 7 heteroatoms. The molecule has 262 valence electrons. The van der Waals surface area contributed by atoms with E-state index >= 15 is 0 Å². The zero-order valence-corrected chi connectivity index (χ0v) is 34.2. The third-order valence-electron chi connectivity index (χ3n) is 10.2. The molecule has 0 N–H and O–H groups in total. The van der Waals surface area contributed by atoms with Gasteiger partial charge in [0.25, 0.3) is 8.32 Å². The maximum atomic E-state index is 14.0. The van der Waals surface area contributed by atoms with Gasteiger partial charge in [-0.3, -0.25) is 0 Å². The summed E-state index contributed by atoms with van der Waals surface area (Å²) >= 11 is 0. The maximum Gasteiger partial charge on any atom is 0.261 e. The minimum absolute atomic E-state index is 0.100. The summed E-state index contributed by atoms with van der Waals surface area (Å²) < 4.78 is 41.6. The fourth-order valence-corrected chi connectivity index (χ4v) is 13.2. The molecular weight excluding hydrogens is 645 g/mol. The zero-order valence-electron chi connectivity index (χ0n) is 31.3. The molecule has 0 amide bonds. The fourth-order valence-electron chi connectivity index (χ4n) is 5.89. The standard InChI is InChI=1S/C41H60O4SSi2/c1-33(27-29-44-47(10,11)40(4,5)6)31-37(46(42,43)36-21-15-12-16-22-36)32-35(3)34(2)28-30-45-48(41(7,8)9,38-23-17-13-18-24-38)39-25-19-14-20-26-39/h12-27,32,34,37H,28-31H2,1-11H3/b33-27+,35-32+/t34-,37?/m1/s1. The lowest BCUT2D eigenvalue weighted by atomic mass is 9.97. The number of hydrogen-bond donors (Lipinski definition) is 0. The number of sulfone groups is 1. The molecule has 0 bridgehead atoms. The van der Waals surface area contributed by atoms with E-state index < -0.39 is 31.7 Å². The molecule has 0 fully saturated rings. The largest absolute Gasteiger partial charge is 0.413 e. The third-order valence-corrected chi connectivity index (χ3v) is 21.8. The van der Waals surface area contributed by atoms with Gasteiger partial charge in [-0.1, -0.05) is 151 Å². The van der Waals surface area contributed by atoms with Gasteiger partial charge in [-0.2, -0.15) is 0 Å². The summed E-state index contributed by atoms with van der Waals surface area (Å²) in [7, 11) is -8.17. The summed E-state index contributed by atoms with van der Waals surface area (Å²) in [6.07, 6.45) is 5.26. The minimum Gasteiger partial charge on any atom is -0.413 e. The molecule has 2 atom stereocenters. The molecule has 0 spiro atoms. The second-order valence-corrected chi connectivity index (χ2v) is 27.1. The number of rotatable bonds is 15. The normalized spacial score (nSPS) is 15.3. The Morgan fingerprint density at radius 1 is 0.750 bits per heavy atom. The van der Waals surface area contributed by atoms with Crippen LogP contribution in [-0.2, 0) is 18.7 Å². The summed E-state index contributed by atoms with van der Waals surface area (Å²) in [5.74, 6) is 0.142. The molecule has 48 heavy (non-hydrogen) atoms. The van der Waals surface area contributed by atoms with Crippen molar-refractivity contribution in [2.45, 2.75) is 108 Å². The van der Waals surface area contributed by atoms with E-state index in [1.807, 2.05) is 19.1 Å². The molecule has 0 aromatic heterocycles. The number of hydrogen-bond acceptors (Lipinski definition) is 4. The Morgan fingerprint density at radius 3 is 1.69 bits per heavy atom. The molecular formula is C41H60O4SSi2. The molecule has 3 aromatic rings. The van der Waals surface area contributed by atoms with Crippen molar-refractivity contribution in [3.05, 3.63) is 114 Å². The van der Waals surface area contributed by atoms with Gasteiger partial charge in [0.2, 0.25) is 0 Å². The highest BCUT2D eigenvalue weighted by molar-refractivity contribution is 7.92. The van der Waals surface area contributed by atoms with Crippen molar-refractivity contribution in [1.29, 1.82) is 0 Å². The Labute approximate surface area is 294 Å². The lowest BCUT2D eigenvalue weighted by molar-refractivity contribution is 0.276. The second kappa shape index (κ2) is 16.4. The average molecular weight is 705 g/mol. The Balaban J connectivity index is 1.87. The summed E-state index contributed by atoms with van der Waals surface area (Å²) in [6, 6.07) is 30.2. The van der Waals surface area contributed by atoms with Gasteiger partial charge >= 0.3 is 0 Å². The van der Waals surface area contributed by atoms with E-state index in [2.05, 4.69) is 135 Å². The highest BCUT2D eigenvalue weighted by Gasteiger charge is 2.50. The molecule has 0 saturated carbocycles. The monoisotopic (exact) mass is 704 g/mol. The molecule has 1 unspecified atom stereocenters. The van der Waals surface area contributed by atoms with Crippen LogP contribution in [0.2, 0.25) is 23.2 Å². The van der Waals surface area contributed by atoms with E-state index in [0.717, 1.165) is 17.6 Å². The van der Waals surface area contributed by atoms with E-state index in [1.165, 1.54) is 10.4 Å². The quantitative estimate of drug-likeness (QED) is 0.117. The van der Waals surface area contributed by atoms with Gasteiger partial charge in [0, 0.05) is 6.61 Å². The highest BCUT2D eigenvalue weighted by atomic mass is 32.2. The average Bonchev–Trinajstić information content (AvgIpc) is 3.02. The van der Waals surface area contributed by atoms with E-state index in [1.54, 1.807) is 24.3 Å². The van der Waals surface area contributed by atoms with Gasteiger partial charge < -0.3 is 8.85 Å². The maximum absolute atomic E-state index is 14.0. The van der Waals surface area contributed by atoms with Crippen LogP contribution in [0.4, 0.5) is 0 Å². The minimum atomic E-state index is -3.61. The van der Waals surface area contributed by atoms with Crippen molar-refractivity contribution in [3.8, 4) is 0 Å². The first kappa shape index (κ1) is 39.9. The van der Waals surface area contributed by atoms with Gasteiger partial charge in [0.1, 0.15) is 0 Å². The first-order chi connectivity index (χ1) is 22.3. The van der Waals surface area contributed by atoms with Crippen LogP contribution in [0.3, 0.4) is 0 Å². The van der Waals surface area contributed by atoms with Crippen molar-refractivity contribution in [2.24, 2.45) is 5.92 Å². The van der Waals surface area contributed by atoms with Crippen LogP contribution in [0.1, 0.15) is 75.2 Å². The van der Waals surface area contributed by atoms with Crippen molar-refractivity contribution in [2.75, 3.05) is 13.2 Å². The molecule has 0 saturated heterocycles. The molecule has 0 aliphatic heterocycles. The Bertz CT molecular complexity index is 1560. The third kappa shape index (κ3) is 9.78. The van der Waals surface area contributed by atoms with E-state index in [-0.39, 0.29) is 16.0 Å². The first-order valence-corrected chi connectivity index (χ1v) is 23.7. The SMILES string of the molecule is C/C(=C\CO[Si](C)(C)C(C)(C)C)CC(/C=C(\C)[C@H](C)CCO[Si](c1ccccc1)(c1ccccc1)C(C)(C)C)S(=O)(=O)c1ccccc1. The Morgan fingerprint density at radius 2 is 1.23 bits per heavy atom. The number of allylic oxidation sites excluding steroid dienone is 2. The lowest BCUT2D eigenvalue weighted by Crippen LogP contribution is -2.66. The zero-order chi connectivity index (χ0) is 35.8. The topological polar surface area (TPSA) is 52.6 Å². The molecule has 0 aliphatic carbocycles. The second-order valence-electron chi connectivity index (χ2n) is 15.8. The summed E-state index contributed by atoms with van der Waals surface area (Å²) in [6.45, 7) is 25.4. The van der Waals surface area contributed by atoms with E-state index in [9.17, 15) is 8.42 Å². The van der Waals surface area contributed by atoms with Crippen LogP contribution in [0.15, 0.2) is 119 Å². The van der Waals surface area contributed by atoms with Crippen molar-refractivity contribution >= 4 is 36.8 Å². The summed E-state index contributed by atoms with van der Waals surface area (Å²) in [5, 5.41) is 1.86. The molecule has 3 aromatic carbocycles. The lowest BCUT2D eigenvalue weighted by Gasteiger charge is -2.43. The molecule has 3 rings (SSSR count). The van der Waals surface area contributed by atoms with Gasteiger partial charge in [-0.15, -0.1) is 0 Å². The Kier molecular flexibility index (Phi) is 13.7. The van der Waals surface area contributed by atoms with Gasteiger partial charge in [-0.25, -0.2) is 8.42 Å². The van der Waals surface area contributed by atoms with Crippen LogP contribution in [0.25, 0.3) is 0 Å². The molecule has 0 heterocycles. The predicted molar refractivity (Wildman–Crippen MR) is 210 cm³/mol. The first-order valence-electron chi connectivity index (χ1n) is 17.3. The predicted octanol–water partition coefficient (Wildman–Crippen LogP) is 9.74. The summed E-state index contributed by atoms with van der Waals surface area (Å²) in [4.78, 5) is 0.354. The van der Waals surface area contributed by atoms with Crippen LogP contribution >= 0.6 is 0 Å².